The lowest BCUT2D eigenvalue weighted by molar-refractivity contribution is -0.164. The van der Waals surface area contributed by atoms with Gasteiger partial charge >= 0.3 is 11.9 Å². The number of carbonyl (C=O) groups excluding carboxylic acids is 1. The van der Waals surface area contributed by atoms with Gasteiger partial charge in [-0.15, -0.1) is 0 Å². The number of hydrogen-bond donors (Lipinski definition) is 1. The van der Waals surface area contributed by atoms with Crippen molar-refractivity contribution in [1.82, 2.24) is 0 Å². The van der Waals surface area contributed by atoms with E-state index in [1.165, 1.54) is 44.9 Å². The summed E-state index contributed by atoms with van der Waals surface area (Å²) in [5, 5.41) is 9.55. The zero-order valence-electron chi connectivity index (χ0n) is 20.2. The number of carbonyl (C=O) groups is 2. The van der Waals surface area contributed by atoms with Crippen LogP contribution in [0.2, 0.25) is 0 Å². The number of hydrogen-bond acceptors (Lipinski definition) is 3. The lowest BCUT2D eigenvalue weighted by Gasteiger charge is -2.30. The zero-order chi connectivity index (χ0) is 22.4. The van der Waals surface area contributed by atoms with Crippen molar-refractivity contribution in [3.63, 3.8) is 0 Å². The second-order valence-corrected chi connectivity index (χ2v) is 9.96. The van der Waals surface area contributed by atoms with E-state index >= 15 is 0 Å². The van der Waals surface area contributed by atoms with Crippen molar-refractivity contribution in [2.75, 3.05) is 0 Å². The predicted molar refractivity (Wildman–Crippen MR) is 123 cm³/mol. The Labute approximate surface area is 185 Å². The van der Waals surface area contributed by atoms with Gasteiger partial charge in [0.05, 0.1) is 11.8 Å². The van der Waals surface area contributed by atoms with Crippen molar-refractivity contribution in [3.05, 3.63) is 0 Å². The van der Waals surface area contributed by atoms with Crippen LogP contribution in [0.5, 0.6) is 0 Å². The molecule has 30 heavy (non-hydrogen) atoms. The molecule has 0 heterocycles. The van der Waals surface area contributed by atoms with Gasteiger partial charge in [-0.1, -0.05) is 91.9 Å². The van der Waals surface area contributed by atoms with Gasteiger partial charge in [-0.05, 0) is 43.9 Å². The molecule has 4 heteroatoms. The molecular weight excluding hydrogens is 376 g/mol. The van der Waals surface area contributed by atoms with E-state index < -0.39 is 17.8 Å². The van der Waals surface area contributed by atoms with Crippen molar-refractivity contribution < 1.29 is 19.4 Å². The summed E-state index contributed by atoms with van der Waals surface area (Å²) in [7, 11) is 0. The topological polar surface area (TPSA) is 63.6 Å². The number of ether oxygens (including phenoxy) is 1. The number of rotatable bonds is 16. The molecule has 4 atom stereocenters. The van der Waals surface area contributed by atoms with Crippen LogP contribution in [0.1, 0.15) is 124 Å². The summed E-state index contributed by atoms with van der Waals surface area (Å²) >= 11 is 0. The van der Waals surface area contributed by atoms with E-state index in [2.05, 4.69) is 27.7 Å². The highest BCUT2D eigenvalue weighted by Gasteiger charge is 2.37. The molecule has 0 saturated heterocycles. The Morgan fingerprint density at radius 2 is 1.50 bits per heavy atom. The molecule has 0 bridgehead atoms. The first-order valence-corrected chi connectivity index (χ1v) is 12.8. The first-order chi connectivity index (χ1) is 14.4. The van der Waals surface area contributed by atoms with Crippen molar-refractivity contribution in [2.24, 2.45) is 23.7 Å². The van der Waals surface area contributed by atoms with Crippen molar-refractivity contribution in [2.45, 2.75) is 130 Å². The molecular formula is C26H48O4. The minimum absolute atomic E-state index is 0.0563. The zero-order valence-corrected chi connectivity index (χ0v) is 20.2. The number of esters is 1. The average molecular weight is 425 g/mol. The second kappa shape index (κ2) is 15.7. The summed E-state index contributed by atoms with van der Waals surface area (Å²) in [6.45, 7) is 8.96. The normalized spacial score (nSPS) is 21.4. The van der Waals surface area contributed by atoms with Crippen molar-refractivity contribution in [1.29, 1.82) is 0 Å². The molecule has 176 valence electrons. The molecule has 0 spiro atoms. The fourth-order valence-corrected chi connectivity index (χ4v) is 4.95. The monoisotopic (exact) mass is 424 g/mol. The molecule has 0 aromatic heterocycles. The molecule has 0 aliphatic heterocycles. The molecule has 0 amide bonds. The highest BCUT2D eigenvalue weighted by Crippen LogP contribution is 2.33. The highest BCUT2D eigenvalue weighted by molar-refractivity contribution is 5.81. The van der Waals surface area contributed by atoms with Crippen LogP contribution in [0.25, 0.3) is 0 Å². The average Bonchev–Trinajstić information content (AvgIpc) is 2.71. The lowest BCUT2D eigenvalue weighted by atomic mass is 9.79. The van der Waals surface area contributed by atoms with E-state index in [1.807, 2.05) is 0 Å². The van der Waals surface area contributed by atoms with Crippen LogP contribution in [0.3, 0.4) is 0 Å². The minimum Gasteiger partial charge on any atom is -0.481 e. The smallest absolute Gasteiger partial charge is 0.310 e. The van der Waals surface area contributed by atoms with Gasteiger partial charge in [-0.3, -0.25) is 9.59 Å². The summed E-state index contributed by atoms with van der Waals surface area (Å²) in [6, 6.07) is 0. The van der Waals surface area contributed by atoms with Crippen LogP contribution in [0.4, 0.5) is 0 Å². The predicted octanol–water partition coefficient (Wildman–Crippen LogP) is 7.39. The summed E-state index contributed by atoms with van der Waals surface area (Å²) in [5.74, 6) is -0.811. The summed E-state index contributed by atoms with van der Waals surface area (Å²) in [5.41, 5.74) is 0. The van der Waals surface area contributed by atoms with Crippen LogP contribution in [-0.2, 0) is 14.3 Å². The molecule has 1 aliphatic rings. The maximum Gasteiger partial charge on any atom is 0.310 e. The van der Waals surface area contributed by atoms with E-state index in [4.69, 9.17) is 4.74 Å². The van der Waals surface area contributed by atoms with Crippen LogP contribution in [0, 0.1) is 23.7 Å². The Kier molecular flexibility index (Phi) is 14.1. The third-order valence-electron chi connectivity index (χ3n) is 6.74. The molecule has 0 radical (unpaired) electrons. The lowest BCUT2D eigenvalue weighted by Crippen LogP contribution is -2.36. The largest absolute Gasteiger partial charge is 0.481 e. The quantitative estimate of drug-likeness (QED) is 0.207. The number of carboxylic acid groups (broad SMARTS) is 1. The number of aliphatic carboxylic acids is 1. The van der Waals surface area contributed by atoms with Crippen LogP contribution in [-0.4, -0.2) is 23.1 Å². The van der Waals surface area contributed by atoms with Gasteiger partial charge in [0, 0.05) is 0 Å². The van der Waals surface area contributed by atoms with Gasteiger partial charge in [0.25, 0.3) is 0 Å². The maximum absolute atomic E-state index is 13.0. The molecule has 0 aromatic carbocycles. The molecule has 1 N–H and O–H groups in total. The SMILES string of the molecule is CCCCCC(CCC)CC(CCCCC(C)C)OC(=O)C1CCCCC1C(=O)O. The first-order valence-electron chi connectivity index (χ1n) is 12.8. The minimum atomic E-state index is -0.839. The molecule has 1 aliphatic carbocycles. The third kappa shape index (κ3) is 10.8. The molecule has 1 fully saturated rings. The molecule has 4 unspecified atom stereocenters. The van der Waals surface area contributed by atoms with Crippen molar-refractivity contribution >= 4 is 11.9 Å². The fourth-order valence-electron chi connectivity index (χ4n) is 4.95. The van der Waals surface area contributed by atoms with Crippen LogP contribution in [0.15, 0.2) is 0 Å². The Hall–Kier alpha value is -1.06. The highest BCUT2D eigenvalue weighted by atomic mass is 16.5. The van der Waals surface area contributed by atoms with Crippen LogP contribution >= 0.6 is 0 Å². The Morgan fingerprint density at radius 1 is 0.867 bits per heavy atom. The first kappa shape index (κ1) is 27.0. The van der Waals surface area contributed by atoms with E-state index in [0.717, 1.165) is 38.5 Å². The third-order valence-corrected chi connectivity index (χ3v) is 6.74. The van der Waals surface area contributed by atoms with Crippen LogP contribution < -0.4 is 0 Å². The molecule has 1 saturated carbocycles. The summed E-state index contributed by atoms with van der Waals surface area (Å²) in [4.78, 5) is 24.6. The summed E-state index contributed by atoms with van der Waals surface area (Å²) < 4.78 is 6.06. The van der Waals surface area contributed by atoms with Gasteiger partial charge in [0.15, 0.2) is 0 Å². The van der Waals surface area contributed by atoms with Crippen molar-refractivity contribution in [3.8, 4) is 0 Å². The van der Waals surface area contributed by atoms with E-state index in [-0.39, 0.29) is 12.1 Å². The number of carboxylic acids is 1. The van der Waals surface area contributed by atoms with Gasteiger partial charge in [-0.25, -0.2) is 0 Å². The van der Waals surface area contributed by atoms with E-state index in [0.29, 0.717) is 24.7 Å². The fraction of sp³-hybridized carbons (Fsp3) is 0.923. The van der Waals surface area contributed by atoms with Gasteiger partial charge in [0.2, 0.25) is 0 Å². The number of unbranched alkanes of at least 4 members (excludes halogenated alkanes) is 3. The Balaban J connectivity index is 2.74. The molecule has 4 nitrogen and oxygen atoms in total. The standard InChI is InChI=1S/C26H48O4/c1-5-7-8-15-21(13-6-2)19-22(16-10-9-14-20(3)4)30-26(29)24-18-12-11-17-23(24)25(27)28/h20-24H,5-19H2,1-4H3,(H,27,28). The summed E-state index contributed by atoms with van der Waals surface area (Å²) in [6.07, 6.45) is 15.6. The maximum atomic E-state index is 13.0. The van der Waals surface area contributed by atoms with E-state index in [9.17, 15) is 14.7 Å². The van der Waals surface area contributed by atoms with Gasteiger partial charge in [-0.2, -0.15) is 0 Å². The second-order valence-electron chi connectivity index (χ2n) is 9.96. The van der Waals surface area contributed by atoms with Gasteiger partial charge < -0.3 is 9.84 Å². The van der Waals surface area contributed by atoms with Gasteiger partial charge in [0.1, 0.15) is 6.10 Å². The molecule has 0 aromatic rings. The Bertz CT molecular complexity index is 474. The van der Waals surface area contributed by atoms with E-state index in [1.54, 1.807) is 0 Å². The Morgan fingerprint density at radius 3 is 2.10 bits per heavy atom. The molecule has 1 rings (SSSR count).